The van der Waals surface area contributed by atoms with E-state index in [1.54, 1.807) is 4.90 Å². The van der Waals surface area contributed by atoms with Crippen molar-refractivity contribution in [3.63, 3.8) is 0 Å². The summed E-state index contributed by atoms with van der Waals surface area (Å²) < 4.78 is 0. The van der Waals surface area contributed by atoms with Crippen molar-refractivity contribution in [1.29, 1.82) is 0 Å². The van der Waals surface area contributed by atoms with Crippen molar-refractivity contribution >= 4 is 17.7 Å². The van der Waals surface area contributed by atoms with Gasteiger partial charge in [0.25, 0.3) is 0 Å². The van der Waals surface area contributed by atoms with Gasteiger partial charge in [0.1, 0.15) is 5.54 Å². The standard InChI is InChI=1S/C10H13N3O3/c1-6(14)13-5-9(3-11-7(9)15)2-10(13)4-12-8(10)16/h2-5H2,1H3,(H,11,15)(H,12,16). The van der Waals surface area contributed by atoms with Crippen LogP contribution in [0.2, 0.25) is 0 Å². The van der Waals surface area contributed by atoms with E-state index in [1.807, 2.05) is 0 Å². The molecule has 0 bridgehead atoms. The van der Waals surface area contributed by atoms with Gasteiger partial charge in [-0.1, -0.05) is 0 Å². The molecule has 16 heavy (non-hydrogen) atoms. The lowest BCUT2D eigenvalue weighted by atomic mass is 9.73. The zero-order chi connectivity index (χ0) is 11.6. The third kappa shape index (κ3) is 0.857. The highest BCUT2D eigenvalue weighted by atomic mass is 16.2. The molecular formula is C10H13N3O3. The molecule has 3 rings (SSSR count). The second-order valence-electron chi connectivity index (χ2n) is 4.96. The first-order chi connectivity index (χ1) is 7.50. The molecular weight excluding hydrogens is 210 g/mol. The third-order valence-electron chi connectivity index (χ3n) is 4.02. The van der Waals surface area contributed by atoms with Gasteiger partial charge in [-0.05, 0) is 6.42 Å². The smallest absolute Gasteiger partial charge is 0.247 e. The van der Waals surface area contributed by atoms with E-state index in [0.29, 0.717) is 26.1 Å². The van der Waals surface area contributed by atoms with Crippen molar-refractivity contribution in [3.05, 3.63) is 0 Å². The van der Waals surface area contributed by atoms with E-state index in [-0.39, 0.29) is 17.7 Å². The fourth-order valence-corrected chi connectivity index (χ4v) is 2.98. The van der Waals surface area contributed by atoms with Crippen LogP contribution in [0.4, 0.5) is 0 Å². The van der Waals surface area contributed by atoms with Crippen LogP contribution in [-0.2, 0) is 14.4 Å². The molecule has 0 aromatic carbocycles. The molecule has 2 atom stereocenters. The Morgan fingerprint density at radius 1 is 1.25 bits per heavy atom. The molecule has 2 spiro atoms. The summed E-state index contributed by atoms with van der Waals surface area (Å²) in [5.74, 6) is -0.291. The molecule has 2 unspecified atom stereocenters. The number of amides is 3. The Bertz CT molecular complexity index is 422. The van der Waals surface area contributed by atoms with Gasteiger partial charge in [0.05, 0.1) is 12.0 Å². The van der Waals surface area contributed by atoms with E-state index in [0.717, 1.165) is 0 Å². The Kier molecular flexibility index (Phi) is 1.54. The summed E-state index contributed by atoms with van der Waals surface area (Å²) in [6.45, 7) is 2.87. The Balaban J connectivity index is 1.96. The van der Waals surface area contributed by atoms with Gasteiger partial charge in [0.2, 0.25) is 17.7 Å². The maximum absolute atomic E-state index is 11.7. The fourth-order valence-electron chi connectivity index (χ4n) is 2.98. The largest absolute Gasteiger partial charge is 0.354 e. The molecule has 3 aliphatic heterocycles. The lowest BCUT2D eigenvalue weighted by Gasteiger charge is -2.44. The normalized spacial score (nSPS) is 40.4. The number of carbonyl (C=O) groups excluding carboxylic acids is 3. The maximum Gasteiger partial charge on any atom is 0.247 e. The molecule has 3 aliphatic rings. The van der Waals surface area contributed by atoms with Gasteiger partial charge in [-0.2, -0.15) is 0 Å². The van der Waals surface area contributed by atoms with Crippen LogP contribution >= 0.6 is 0 Å². The summed E-state index contributed by atoms with van der Waals surface area (Å²) in [4.78, 5) is 36.4. The van der Waals surface area contributed by atoms with Crippen LogP contribution in [-0.4, -0.2) is 47.8 Å². The van der Waals surface area contributed by atoms with Gasteiger partial charge in [-0.25, -0.2) is 0 Å². The molecule has 0 aromatic heterocycles. The highest BCUT2D eigenvalue weighted by Crippen LogP contribution is 2.47. The van der Waals surface area contributed by atoms with Gasteiger partial charge in [-0.15, -0.1) is 0 Å². The van der Waals surface area contributed by atoms with Gasteiger partial charge in [0.15, 0.2) is 0 Å². The van der Waals surface area contributed by atoms with Crippen molar-refractivity contribution in [2.24, 2.45) is 5.41 Å². The minimum atomic E-state index is -0.746. The van der Waals surface area contributed by atoms with Crippen LogP contribution in [0.3, 0.4) is 0 Å². The number of carbonyl (C=O) groups is 3. The summed E-state index contributed by atoms with van der Waals surface area (Å²) in [7, 11) is 0. The van der Waals surface area contributed by atoms with Crippen molar-refractivity contribution in [3.8, 4) is 0 Å². The zero-order valence-electron chi connectivity index (χ0n) is 9.00. The number of nitrogens with one attached hydrogen (secondary N) is 2. The first-order valence-corrected chi connectivity index (χ1v) is 5.35. The Morgan fingerprint density at radius 2 is 1.94 bits per heavy atom. The highest BCUT2D eigenvalue weighted by molar-refractivity contribution is 6.00. The molecule has 0 radical (unpaired) electrons. The second kappa shape index (κ2) is 2.56. The molecule has 3 saturated heterocycles. The van der Waals surface area contributed by atoms with Crippen LogP contribution in [0.25, 0.3) is 0 Å². The quantitative estimate of drug-likeness (QED) is 0.477. The minimum Gasteiger partial charge on any atom is -0.354 e. The molecule has 0 saturated carbocycles. The SMILES string of the molecule is CC(=O)N1CC2(CNC2=O)CC12CNC2=O. The summed E-state index contributed by atoms with van der Waals surface area (Å²) in [5, 5.41) is 5.36. The summed E-state index contributed by atoms with van der Waals surface area (Å²) >= 11 is 0. The topological polar surface area (TPSA) is 78.5 Å². The second-order valence-corrected chi connectivity index (χ2v) is 4.96. The van der Waals surface area contributed by atoms with Gasteiger partial charge in [-0.3, -0.25) is 14.4 Å². The Morgan fingerprint density at radius 3 is 2.19 bits per heavy atom. The van der Waals surface area contributed by atoms with E-state index in [1.165, 1.54) is 6.92 Å². The lowest BCUT2D eigenvalue weighted by molar-refractivity contribution is -0.150. The van der Waals surface area contributed by atoms with Crippen LogP contribution in [0.5, 0.6) is 0 Å². The van der Waals surface area contributed by atoms with Gasteiger partial charge < -0.3 is 15.5 Å². The molecule has 3 heterocycles. The van der Waals surface area contributed by atoms with E-state index in [2.05, 4.69) is 10.6 Å². The predicted molar refractivity (Wildman–Crippen MR) is 53.2 cm³/mol. The molecule has 3 fully saturated rings. The minimum absolute atomic E-state index is 0.0321. The molecule has 6 nitrogen and oxygen atoms in total. The first kappa shape index (κ1) is 9.62. The van der Waals surface area contributed by atoms with Crippen molar-refractivity contribution in [2.45, 2.75) is 18.9 Å². The van der Waals surface area contributed by atoms with Crippen LogP contribution < -0.4 is 10.6 Å². The van der Waals surface area contributed by atoms with E-state index in [4.69, 9.17) is 0 Å². The molecule has 3 amide bonds. The molecule has 0 aromatic rings. The highest BCUT2D eigenvalue weighted by Gasteiger charge is 2.67. The molecule has 86 valence electrons. The fraction of sp³-hybridized carbons (Fsp3) is 0.700. The number of hydrogen-bond donors (Lipinski definition) is 2. The van der Waals surface area contributed by atoms with E-state index in [9.17, 15) is 14.4 Å². The van der Waals surface area contributed by atoms with Gasteiger partial charge in [0, 0.05) is 20.0 Å². The van der Waals surface area contributed by atoms with Crippen molar-refractivity contribution in [1.82, 2.24) is 15.5 Å². The number of rotatable bonds is 0. The van der Waals surface area contributed by atoms with Gasteiger partial charge >= 0.3 is 0 Å². The monoisotopic (exact) mass is 223 g/mol. The van der Waals surface area contributed by atoms with Crippen LogP contribution in [0.15, 0.2) is 0 Å². The maximum atomic E-state index is 11.7. The summed E-state index contributed by atoms with van der Waals surface area (Å²) in [6.07, 6.45) is 0.469. The number of β-lactam (4-membered cyclic amide) rings is 2. The molecule has 2 N–H and O–H groups in total. The van der Waals surface area contributed by atoms with E-state index >= 15 is 0 Å². The Labute approximate surface area is 92.4 Å². The Hall–Kier alpha value is -1.59. The third-order valence-corrected chi connectivity index (χ3v) is 4.02. The molecule has 6 heteroatoms. The average Bonchev–Trinajstić information content (AvgIpc) is 2.66. The van der Waals surface area contributed by atoms with Crippen molar-refractivity contribution in [2.75, 3.05) is 19.6 Å². The predicted octanol–water partition coefficient (Wildman–Crippen LogP) is -1.78. The first-order valence-electron chi connectivity index (χ1n) is 5.35. The number of hydrogen-bond acceptors (Lipinski definition) is 3. The number of nitrogens with zero attached hydrogens (tertiary/aromatic N) is 1. The number of likely N-dealkylation sites (tertiary alicyclic amines) is 1. The molecule has 0 aliphatic carbocycles. The average molecular weight is 223 g/mol. The lowest BCUT2D eigenvalue weighted by Crippen LogP contribution is -2.71. The van der Waals surface area contributed by atoms with Crippen molar-refractivity contribution < 1.29 is 14.4 Å². The summed E-state index contributed by atoms with van der Waals surface area (Å²) in [5.41, 5.74) is -1.26. The summed E-state index contributed by atoms with van der Waals surface area (Å²) in [6, 6.07) is 0. The van der Waals surface area contributed by atoms with E-state index < -0.39 is 11.0 Å². The zero-order valence-corrected chi connectivity index (χ0v) is 9.00. The van der Waals surface area contributed by atoms with Crippen LogP contribution in [0.1, 0.15) is 13.3 Å². The van der Waals surface area contributed by atoms with Crippen LogP contribution in [0, 0.1) is 5.41 Å².